The Kier molecular flexibility index (Phi) is 3.01. The van der Waals surface area contributed by atoms with E-state index in [-0.39, 0.29) is 0 Å². The monoisotopic (exact) mass is 112 g/mol. The lowest BCUT2D eigenvalue weighted by atomic mass is 10.4. The Hall–Kier alpha value is -0.720. The van der Waals surface area contributed by atoms with Crippen molar-refractivity contribution in [3.8, 4) is 0 Å². The first kappa shape index (κ1) is 7.28. The molecule has 0 unspecified atom stereocenters. The number of hydrogen-bond donors (Lipinski definition) is 0. The molecule has 1 heteroatoms. The van der Waals surface area contributed by atoms with Crippen LogP contribution in [-0.4, -0.2) is 0 Å². The van der Waals surface area contributed by atoms with Crippen LogP contribution in [0.3, 0.4) is 0 Å². The molecule has 1 nitrogen and oxygen atoms in total. The van der Waals surface area contributed by atoms with Crippen LogP contribution < -0.4 is 0 Å². The number of rotatable bonds is 2. The number of hydrogen-bond acceptors (Lipinski definition) is 1. The summed E-state index contributed by atoms with van der Waals surface area (Å²) < 4.78 is 4.95. The van der Waals surface area contributed by atoms with Crippen LogP contribution in [0.25, 0.3) is 0 Å². The molecular weight excluding hydrogens is 100 g/mol. The SMILES string of the molecule is C=C(C)OC=C(C)C. The summed E-state index contributed by atoms with van der Waals surface area (Å²) in [6.07, 6.45) is 1.68. The van der Waals surface area contributed by atoms with E-state index in [1.165, 1.54) is 0 Å². The van der Waals surface area contributed by atoms with Gasteiger partial charge >= 0.3 is 0 Å². The predicted octanol–water partition coefficient (Wildman–Crippen LogP) is 2.46. The Bertz CT molecular complexity index is 108. The van der Waals surface area contributed by atoms with E-state index in [2.05, 4.69) is 6.58 Å². The van der Waals surface area contributed by atoms with Gasteiger partial charge in [-0.25, -0.2) is 0 Å². The molecule has 0 saturated carbocycles. The van der Waals surface area contributed by atoms with Crippen molar-refractivity contribution in [1.29, 1.82) is 0 Å². The molecule has 0 amide bonds. The summed E-state index contributed by atoms with van der Waals surface area (Å²) in [4.78, 5) is 0. The van der Waals surface area contributed by atoms with E-state index in [1.54, 1.807) is 6.26 Å². The normalized spacial score (nSPS) is 7.88. The van der Waals surface area contributed by atoms with Crippen molar-refractivity contribution in [3.63, 3.8) is 0 Å². The van der Waals surface area contributed by atoms with Crippen LogP contribution in [-0.2, 0) is 4.74 Å². The largest absolute Gasteiger partial charge is 0.470 e. The first-order valence-corrected chi connectivity index (χ1v) is 2.58. The second-order valence-corrected chi connectivity index (χ2v) is 2.02. The van der Waals surface area contributed by atoms with Gasteiger partial charge in [0.1, 0.15) is 0 Å². The van der Waals surface area contributed by atoms with Crippen molar-refractivity contribution < 1.29 is 4.74 Å². The molecule has 0 spiro atoms. The van der Waals surface area contributed by atoms with E-state index in [1.807, 2.05) is 20.8 Å². The fraction of sp³-hybridized carbons (Fsp3) is 0.429. The molecule has 0 aliphatic carbocycles. The van der Waals surface area contributed by atoms with E-state index < -0.39 is 0 Å². The van der Waals surface area contributed by atoms with Crippen molar-refractivity contribution >= 4 is 0 Å². The Balaban J connectivity index is 3.45. The van der Waals surface area contributed by atoms with E-state index in [9.17, 15) is 0 Å². The van der Waals surface area contributed by atoms with Gasteiger partial charge in [0.25, 0.3) is 0 Å². The molecule has 0 fully saturated rings. The molecule has 0 aromatic rings. The highest BCUT2D eigenvalue weighted by Gasteiger charge is 1.77. The zero-order valence-electron chi connectivity index (χ0n) is 5.69. The van der Waals surface area contributed by atoms with Gasteiger partial charge in [-0.15, -0.1) is 0 Å². The summed E-state index contributed by atoms with van der Waals surface area (Å²) in [5, 5.41) is 0. The first-order valence-electron chi connectivity index (χ1n) is 2.58. The molecule has 0 atom stereocenters. The third-order valence-corrected chi connectivity index (χ3v) is 0.496. The van der Waals surface area contributed by atoms with Crippen molar-refractivity contribution in [2.24, 2.45) is 0 Å². The minimum atomic E-state index is 0.728. The number of allylic oxidation sites excluding steroid dienone is 2. The molecule has 0 rings (SSSR count). The van der Waals surface area contributed by atoms with Crippen LogP contribution >= 0.6 is 0 Å². The highest BCUT2D eigenvalue weighted by atomic mass is 16.5. The van der Waals surface area contributed by atoms with Crippen molar-refractivity contribution in [1.82, 2.24) is 0 Å². The lowest BCUT2D eigenvalue weighted by Crippen LogP contribution is -1.74. The van der Waals surface area contributed by atoms with E-state index in [4.69, 9.17) is 4.74 Å². The average Bonchev–Trinajstić information content (AvgIpc) is 1.61. The summed E-state index contributed by atoms with van der Waals surface area (Å²) in [7, 11) is 0. The lowest BCUT2D eigenvalue weighted by molar-refractivity contribution is 0.351. The maximum Gasteiger partial charge on any atom is 0.0929 e. The van der Waals surface area contributed by atoms with E-state index in [0.717, 1.165) is 11.3 Å². The van der Waals surface area contributed by atoms with Gasteiger partial charge in [-0.2, -0.15) is 0 Å². The van der Waals surface area contributed by atoms with Crippen LogP contribution in [0.2, 0.25) is 0 Å². The van der Waals surface area contributed by atoms with Crippen LogP contribution in [0.5, 0.6) is 0 Å². The van der Waals surface area contributed by atoms with Crippen LogP contribution in [0.1, 0.15) is 20.8 Å². The lowest BCUT2D eigenvalue weighted by Gasteiger charge is -1.95. The topological polar surface area (TPSA) is 9.23 Å². The maximum atomic E-state index is 4.95. The average molecular weight is 112 g/mol. The molecule has 0 aliphatic heterocycles. The Morgan fingerprint density at radius 3 is 2.00 bits per heavy atom. The molecule has 46 valence electrons. The third-order valence-electron chi connectivity index (χ3n) is 0.496. The van der Waals surface area contributed by atoms with Crippen LogP contribution in [0, 0.1) is 0 Å². The fourth-order valence-corrected chi connectivity index (χ4v) is 0.218. The summed E-state index contributed by atoms with van der Waals surface area (Å²) in [5.41, 5.74) is 1.15. The molecule has 0 N–H and O–H groups in total. The van der Waals surface area contributed by atoms with Gasteiger partial charge in [-0.1, -0.05) is 6.58 Å². The van der Waals surface area contributed by atoms with Gasteiger partial charge in [0.2, 0.25) is 0 Å². The molecule has 0 aromatic carbocycles. The summed E-state index contributed by atoms with van der Waals surface area (Å²) >= 11 is 0. The second kappa shape index (κ2) is 3.30. The Morgan fingerprint density at radius 1 is 1.38 bits per heavy atom. The van der Waals surface area contributed by atoms with Gasteiger partial charge in [0.05, 0.1) is 12.0 Å². The van der Waals surface area contributed by atoms with Crippen molar-refractivity contribution in [2.75, 3.05) is 0 Å². The smallest absolute Gasteiger partial charge is 0.0929 e. The van der Waals surface area contributed by atoms with Gasteiger partial charge < -0.3 is 4.74 Å². The van der Waals surface area contributed by atoms with Crippen LogP contribution in [0.4, 0.5) is 0 Å². The zero-order valence-corrected chi connectivity index (χ0v) is 5.69. The van der Waals surface area contributed by atoms with Gasteiger partial charge in [0, 0.05) is 0 Å². The van der Waals surface area contributed by atoms with E-state index in [0.29, 0.717) is 0 Å². The van der Waals surface area contributed by atoms with E-state index >= 15 is 0 Å². The zero-order chi connectivity index (χ0) is 6.57. The number of ether oxygens (including phenoxy) is 1. The molecule has 0 saturated heterocycles. The molecule has 8 heavy (non-hydrogen) atoms. The third kappa shape index (κ3) is 5.28. The Morgan fingerprint density at radius 2 is 1.88 bits per heavy atom. The van der Waals surface area contributed by atoms with Crippen molar-refractivity contribution in [2.45, 2.75) is 20.8 Å². The first-order chi connectivity index (χ1) is 3.63. The standard InChI is InChI=1S/C7H12O/c1-6(2)5-8-7(3)4/h5H,3H2,1-2,4H3. The summed E-state index contributed by atoms with van der Waals surface area (Å²) in [6, 6.07) is 0. The molecule has 0 radical (unpaired) electrons. The summed E-state index contributed by atoms with van der Waals surface area (Å²) in [6.45, 7) is 9.33. The summed E-state index contributed by atoms with van der Waals surface area (Å²) in [5.74, 6) is 0.728. The molecule has 0 aromatic heterocycles. The molecule has 0 bridgehead atoms. The van der Waals surface area contributed by atoms with Gasteiger partial charge in [-0.3, -0.25) is 0 Å². The minimum absolute atomic E-state index is 0.728. The molecular formula is C7H12O. The Labute approximate surface area is 50.7 Å². The van der Waals surface area contributed by atoms with Gasteiger partial charge in [-0.05, 0) is 26.3 Å². The minimum Gasteiger partial charge on any atom is -0.470 e. The van der Waals surface area contributed by atoms with Crippen LogP contribution in [0.15, 0.2) is 24.2 Å². The molecule has 0 heterocycles. The maximum absolute atomic E-state index is 4.95. The predicted molar refractivity (Wildman–Crippen MR) is 35.3 cm³/mol. The highest BCUT2D eigenvalue weighted by Crippen LogP contribution is 1.95. The van der Waals surface area contributed by atoms with Crippen molar-refractivity contribution in [3.05, 3.63) is 24.2 Å². The highest BCUT2D eigenvalue weighted by molar-refractivity contribution is 4.90. The quantitative estimate of drug-likeness (QED) is 0.498. The van der Waals surface area contributed by atoms with Gasteiger partial charge in [0.15, 0.2) is 0 Å². The second-order valence-electron chi connectivity index (χ2n) is 2.02. The molecule has 0 aliphatic rings. The fourth-order valence-electron chi connectivity index (χ4n) is 0.218.